The number of phenolic OH excluding ortho intramolecular Hbond substituents is 1. The molecule has 0 aromatic heterocycles. The van der Waals surface area contributed by atoms with E-state index in [1.54, 1.807) is 0 Å². The second-order valence-corrected chi connectivity index (χ2v) is 3.19. The second-order valence-electron chi connectivity index (χ2n) is 3.19. The van der Waals surface area contributed by atoms with Gasteiger partial charge in [-0.05, 0) is 24.7 Å². The average Bonchev–Trinajstić information content (AvgIpc) is 2.16. The van der Waals surface area contributed by atoms with Gasteiger partial charge in [-0.1, -0.05) is 0 Å². The number of benzene rings is 1. The molecule has 3 N–H and O–H groups in total. The number of rotatable bonds is 3. The van der Waals surface area contributed by atoms with Crippen molar-refractivity contribution in [3.05, 3.63) is 29.3 Å². The number of halogens is 3. The molecule has 16 heavy (non-hydrogen) atoms. The normalized spacial score (nSPS) is 11.5. The fraction of sp³-hybridized carbons (Fsp3) is 0.300. The summed E-state index contributed by atoms with van der Waals surface area (Å²) in [6.45, 7) is 0.0826. The molecule has 0 saturated carbocycles. The first-order valence-corrected chi connectivity index (χ1v) is 4.49. The molecular formula is C10H10F3NO2. The quantitative estimate of drug-likeness (QED) is 0.784. The number of phenols is 1. The van der Waals surface area contributed by atoms with E-state index in [1.165, 1.54) is 0 Å². The van der Waals surface area contributed by atoms with Gasteiger partial charge in [0.25, 0.3) is 0 Å². The van der Waals surface area contributed by atoms with Crippen LogP contribution in [0.15, 0.2) is 18.2 Å². The maximum absolute atomic E-state index is 12.2. The Morgan fingerprint density at radius 2 is 2.00 bits per heavy atom. The van der Waals surface area contributed by atoms with Gasteiger partial charge in [-0.25, -0.2) is 0 Å². The monoisotopic (exact) mass is 233 g/mol. The molecule has 1 aromatic carbocycles. The van der Waals surface area contributed by atoms with E-state index in [2.05, 4.69) is 0 Å². The van der Waals surface area contributed by atoms with Crippen LogP contribution in [0.1, 0.15) is 22.3 Å². The molecule has 0 bridgehead atoms. The van der Waals surface area contributed by atoms with Crippen molar-refractivity contribution in [3.8, 4) is 5.75 Å². The van der Waals surface area contributed by atoms with Crippen LogP contribution in [0.2, 0.25) is 0 Å². The van der Waals surface area contributed by atoms with Crippen molar-refractivity contribution in [2.75, 3.05) is 6.54 Å². The molecule has 6 heteroatoms. The zero-order valence-electron chi connectivity index (χ0n) is 8.21. The minimum absolute atomic E-state index is 0.0150. The van der Waals surface area contributed by atoms with Crippen LogP contribution in [0.25, 0.3) is 0 Å². The first-order valence-electron chi connectivity index (χ1n) is 4.49. The maximum Gasteiger partial charge on any atom is 0.416 e. The second kappa shape index (κ2) is 4.52. The molecule has 0 aliphatic carbocycles. The SMILES string of the molecule is NCCC(=O)c1ccc(C(F)(F)F)cc1O. The molecule has 3 nitrogen and oxygen atoms in total. The van der Waals surface area contributed by atoms with Gasteiger partial charge in [-0.2, -0.15) is 13.2 Å². The predicted molar refractivity (Wildman–Crippen MR) is 51.1 cm³/mol. The highest BCUT2D eigenvalue weighted by Gasteiger charge is 2.31. The summed E-state index contributed by atoms with van der Waals surface area (Å²) in [6.07, 6.45) is -4.55. The maximum atomic E-state index is 12.2. The van der Waals surface area contributed by atoms with Gasteiger partial charge < -0.3 is 10.8 Å². The van der Waals surface area contributed by atoms with Crippen molar-refractivity contribution >= 4 is 5.78 Å². The smallest absolute Gasteiger partial charge is 0.416 e. The van der Waals surface area contributed by atoms with Crippen molar-refractivity contribution in [1.82, 2.24) is 0 Å². The molecule has 0 spiro atoms. The number of alkyl halides is 3. The minimum Gasteiger partial charge on any atom is -0.507 e. The van der Waals surface area contributed by atoms with Gasteiger partial charge in [0.1, 0.15) is 5.75 Å². The van der Waals surface area contributed by atoms with Gasteiger partial charge in [-0.15, -0.1) is 0 Å². The Morgan fingerprint density at radius 1 is 1.38 bits per heavy atom. The Morgan fingerprint density at radius 3 is 2.44 bits per heavy atom. The number of hydrogen-bond donors (Lipinski definition) is 2. The van der Waals surface area contributed by atoms with Gasteiger partial charge >= 0.3 is 6.18 Å². The molecular weight excluding hydrogens is 223 g/mol. The van der Waals surface area contributed by atoms with E-state index in [1.807, 2.05) is 0 Å². The number of hydrogen-bond acceptors (Lipinski definition) is 3. The van der Waals surface area contributed by atoms with Crippen LogP contribution in [0, 0.1) is 0 Å². The van der Waals surface area contributed by atoms with E-state index in [0.717, 1.165) is 12.1 Å². The lowest BCUT2D eigenvalue weighted by molar-refractivity contribution is -0.137. The van der Waals surface area contributed by atoms with Gasteiger partial charge in [-0.3, -0.25) is 4.79 Å². The van der Waals surface area contributed by atoms with Crippen LogP contribution in [-0.2, 0) is 6.18 Å². The first-order chi connectivity index (χ1) is 7.36. The largest absolute Gasteiger partial charge is 0.507 e. The molecule has 1 rings (SSSR count). The fourth-order valence-corrected chi connectivity index (χ4v) is 1.21. The van der Waals surface area contributed by atoms with E-state index in [9.17, 15) is 23.1 Å². The van der Waals surface area contributed by atoms with Crippen molar-refractivity contribution in [1.29, 1.82) is 0 Å². The third-order valence-corrected chi connectivity index (χ3v) is 2.00. The Labute approximate surface area is 89.7 Å². The molecule has 1 aromatic rings. The summed E-state index contributed by atoms with van der Waals surface area (Å²) in [4.78, 5) is 11.3. The fourth-order valence-electron chi connectivity index (χ4n) is 1.21. The van der Waals surface area contributed by atoms with E-state index >= 15 is 0 Å². The predicted octanol–water partition coefficient (Wildman–Crippen LogP) is 1.94. The topological polar surface area (TPSA) is 63.3 Å². The van der Waals surface area contributed by atoms with Gasteiger partial charge in [0.2, 0.25) is 0 Å². The summed E-state index contributed by atoms with van der Waals surface area (Å²) in [6, 6.07) is 2.24. The molecule has 0 atom stereocenters. The third kappa shape index (κ3) is 2.73. The lowest BCUT2D eigenvalue weighted by Crippen LogP contribution is -2.10. The summed E-state index contributed by atoms with van der Waals surface area (Å²) in [5.41, 5.74) is 4.00. The Hall–Kier alpha value is -1.56. The standard InChI is InChI=1S/C10H10F3NO2/c11-10(12,13)6-1-2-7(9(16)5-6)8(15)3-4-14/h1-2,5,16H,3-4,14H2. The molecule has 0 saturated heterocycles. The average molecular weight is 233 g/mol. The van der Waals surface area contributed by atoms with E-state index in [4.69, 9.17) is 5.73 Å². The van der Waals surface area contributed by atoms with Crippen LogP contribution in [0.5, 0.6) is 5.75 Å². The summed E-state index contributed by atoms with van der Waals surface area (Å²) in [7, 11) is 0. The number of carbonyl (C=O) groups excluding carboxylic acids is 1. The Kier molecular flexibility index (Phi) is 3.54. The van der Waals surface area contributed by atoms with Crippen molar-refractivity contribution in [2.45, 2.75) is 12.6 Å². The van der Waals surface area contributed by atoms with E-state index in [0.29, 0.717) is 6.07 Å². The molecule has 0 radical (unpaired) electrons. The zero-order valence-corrected chi connectivity index (χ0v) is 8.21. The van der Waals surface area contributed by atoms with Crippen LogP contribution >= 0.6 is 0 Å². The number of nitrogens with two attached hydrogens (primary N) is 1. The van der Waals surface area contributed by atoms with Gasteiger partial charge in [0.05, 0.1) is 11.1 Å². The molecule has 0 unspecified atom stereocenters. The highest BCUT2D eigenvalue weighted by molar-refractivity contribution is 5.98. The highest BCUT2D eigenvalue weighted by Crippen LogP contribution is 2.32. The van der Waals surface area contributed by atoms with Crippen LogP contribution < -0.4 is 5.73 Å². The molecule has 88 valence electrons. The lowest BCUT2D eigenvalue weighted by Gasteiger charge is -2.09. The Balaban J connectivity index is 3.05. The molecule has 0 heterocycles. The van der Waals surface area contributed by atoms with Crippen LogP contribution in [-0.4, -0.2) is 17.4 Å². The molecule has 0 fully saturated rings. The van der Waals surface area contributed by atoms with Crippen molar-refractivity contribution in [2.24, 2.45) is 5.73 Å². The van der Waals surface area contributed by atoms with E-state index < -0.39 is 23.3 Å². The summed E-state index contributed by atoms with van der Waals surface area (Å²) in [5, 5.41) is 9.29. The summed E-state index contributed by atoms with van der Waals surface area (Å²) >= 11 is 0. The van der Waals surface area contributed by atoms with Crippen molar-refractivity contribution < 1.29 is 23.1 Å². The lowest BCUT2D eigenvalue weighted by atomic mass is 10.0. The number of ketones is 1. The molecule has 0 aliphatic heterocycles. The van der Waals surface area contributed by atoms with Gasteiger partial charge in [0.15, 0.2) is 5.78 Å². The summed E-state index contributed by atoms with van der Waals surface area (Å²) in [5.74, 6) is -1.15. The number of carbonyl (C=O) groups is 1. The summed E-state index contributed by atoms with van der Waals surface area (Å²) < 4.78 is 36.7. The molecule has 0 aliphatic rings. The van der Waals surface area contributed by atoms with Crippen LogP contribution in [0.4, 0.5) is 13.2 Å². The number of Topliss-reactive ketones (excluding diaryl/α,β-unsaturated/α-hetero) is 1. The zero-order chi connectivity index (χ0) is 12.3. The third-order valence-electron chi connectivity index (χ3n) is 2.00. The van der Waals surface area contributed by atoms with Gasteiger partial charge in [0, 0.05) is 6.42 Å². The minimum atomic E-state index is -4.53. The number of aromatic hydroxyl groups is 1. The molecule has 0 amide bonds. The van der Waals surface area contributed by atoms with Crippen molar-refractivity contribution in [3.63, 3.8) is 0 Å². The highest BCUT2D eigenvalue weighted by atomic mass is 19.4. The van der Waals surface area contributed by atoms with Crippen LogP contribution in [0.3, 0.4) is 0 Å². The van der Waals surface area contributed by atoms with E-state index in [-0.39, 0.29) is 18.5 Å². The first kappa shape index (κ1) is 12.5. The Bertz CT molecular complexity index is 402.